The monoisotopic (exact) mass is 496 g/mol. The number of hydrogen-bond acceptors (Lipinski definition) is 8. The van der Waals surface area contributed by atoms with Crippen LogP contribution in [0.25, 0.3) is 0 Å². The number of halogens is 1. The fourth-order valence-corrected chi connectivity index (χ4v) is 5.85. The summed E-state index contributed by atoms with van der Waals surface area (Å²) in [7, 11) is 1.40. The lowest BCUT2D eigenvalue weighted by Gasteiger charge is -2.11. The molecule has 1 aliphatic heterocycles. The molecule has 3 rings (SSSR count). The number of amides is 1. The van der Waals surface area contributed by atoms with Crippen molar-refractivity contribution in [3.05, 3.63) is 52.5 Å². The van der Waals surface area contributed by atoms with Crippen molar-refractivity contribution < 1.29 is 28.9 Å². The van der Waals surface area contributed by atoms with E-state index in [2.05, 4.69) is 10.5 Å². The van der Waals surface area contributed by atoms with Gasteiger partial charge in [-0.3, -0.25) is 4.79 Å². The minimum Gasteiger partial charge on any atom is -0.493 e. The summed E-state index contributed by atoms with van der Waals surface area (Å²) in [4.78, 5) is 22.7. The van der Waals surface area contributed by atoms with Crippen molar-refractivity contribution in [1.82, 2.24) is 5.43 Å². The van der Waals surface area contributed by atoms with E-state index in [-0.39, 0.29) is 23.1 Å². The van der Waals surface area contributed by atoms with Gasteiger partial charge in [0.1, 0.15) is 5.75 Å². The van der Waals surface area contributed by atoms with Crippen LogP contribution in [0.15, 0.2) is 41.5 Å². The van der Waals surface area contributed by atoms with Gasteiger partial charge in [0.25, 0.3) is 5.91 Å². The van der Waals surface area contributed by atoms with Crippen LogP contribution >= 0.6 is 35.1 Å². The summed E-state index contributed by atoms with van der Waals surface area (Å²) < 4.78 is 16.3. The fourth-order valence-electron chi connectivity index (χ4n) is 2.72. The maximum atomic E-state index is 12.0. The highest BCUT2D eigenvalue weighted by molar-refractivity contribution is 8.19. The Hall–Kier alpha value is -2.56. The predicted molar refractivity (Wildman–Crippen MR) is 126 cm³/mol. The van der Waals surface area contributed by atoms with Gasteiger partial charge in [-0.2, -0.15) is 5.10 Å². The molecule has 0 radical (unpaired) electrons. The molecule has 0 bridgehead atoms. The van der Waals surface area contributed by atoms with Crippen molar-refractivity contribution in [2.75, 3.05) is 31.8 Å². The number of nitrogens with zero attached hydrogens (tertiary/aromatic N) is 1. The van der Waals surface area contributed by atoms with E-state index in [1.807, 2.05) is 47.8 Å². The number of carbonyl (C=O) groups is 2. The number of thioether (sulfide) groups is 2. The Balaban J connectivity index is 1.50. The normalized spacial score (nSPS) is 13.8. The molecule has 0 unspecified atom stereocenters. The molecule has 8 nitrogen and oxygen atoms in total. The van der Waals surface area contributed by atoms with Gasteiger partial charge in [-0.1, -0.05) is 23.7 Å². The SMILES string of the molecule is COc1cc(/C=N\NC(=O)COc2ccc(C3SCCS3)cc2)cc(Cl)c1OCC(=O)O. The van der Waals surface area contributed by atoms with Gasteiger partial charge in [-0.15, -0.1) is 23.5 Å². The van der Waals surface area contributed by atoms with Crippen LogP contribution in [0.5, 0.6) is 17.2 Å². The third-order valence-corrected chi connectivity index (χ3v) is 7.52. The van der Waals surface area contributed by atoms with Crippen LogP contribution in [0.4, 0.5) is 0 Å². The second-order valence-electron chi connectivity index (χ2n) is 6.44. The van der Waals surface area contributed by atoms with Crippen molar-refractivity contribution in [3.8, 4) is 17.2 Å². The van der Waals surface area contributed by atoms with Gasteiger partial charge in [0, 0.05) is 11.5 Å². The molecule has 11 heteroatoms. The van der Waals surface area contributed by atoms with Gasteiger partial charge in [-0.05, 0) is 35.4 Å². The summed E-state index contributed by atoms with van der Waals surface area (Å²) in [5.41, 5.74) is 4.14. The number of carboxylic acids is 1. The molecule has 1 fully saturated rings. The van der Waals surface area contributed by atoms with E-state index in [0.29, 0.717) is 15.9 Å². The molecule has 32 heavy (non-hydrogen) atoms. The van der Waals surface area contributed by atoms with Crippen LogP contribution in [0, 0.1) is 0 Å². The summed E-state index contributed by atoms with van der Waals surface area (Å²) in [6, 6.07) is 10.8. The standard InChI is InChI=1S/C21H21ClN2O6S2/c1-28-17-9-13(8-16(22)20(17)30-12-19(26)27)10-23-24-18(25)11-29-15-4-2-14(3-5-15)21-31-6-7-32-21/h2-5,8-10,21H,6-7,11-12H2,1H3,(H,24,25)(H,26,27)/b23-10-. The molecule has 0 atom stereocenters. The quantitative estimate of drug-likeness (QED) is 0.377. The number of aliphatic carboxylic acids is 1. The average Bonchev–Trinajstić information content (AvgIpc) is 3.32. The lowest BCUT2D eigenvalue weighted by molar-refractivity contribution is -0.139. The van der Waals surface area contributed by atoms with Crippen LogP contribution in [0.1, 0.15) is 15.7 Å². The third-order valence-electron chi connectivity index (χ3n) is 4.14. The van der Waals surface area contributed by atoms with E-state index >= 15 is 0 Å². The Kier molecular flexibility index (Phi) is 8.95. The first-order chi connectivity index (χ1) is 15.5. The number of methoxy groups -OCH3 is 1. The fraction of sp³-hybridized carbons (Fsp3) is 0.286. The Morgan fingerprint density at radius 1 is 1.19 bits per heavy atom. The second-order valence-corrected chi connectivity index (χ2v) is 9.57. The zero-order valence-corrected chi connectivity index (χ0v) is 19.5. The first-order valence-corrected chi connectivity index (χ1v) is 11.9. The first-order valence-electron chi connectivity index (χ1n) is 9.46. The highest BCUT2D eigenvalue weighted by atomic mass is 35.5. The average molecular weight is 497 g/mol. The van der Waals surface area contributed by atoms with Crippen LogP contribution in [-0.4, -0.2) is 55.0 Å². The maximum absolute atomic E-state index is 12.0. The topological polar surface area (TPSA) is 106 Å². The van der Waals surface area contributed by atoms with Crippen LogP contribution in [0.3, 0.4) is 0 Å². The minimum absolute atomic E-state index is 0.113. The molecule has 0 aromatic heterocycles. The van der Waals surface area contributed by atoms with Crippen molar-refractivity contribution >= 4 is 53.2 Å². The number of benzene rings is 2. The van der Waals surface area contributed by atoms with Crippen LogP contribution in [-0.2, 0) is 9.59 Å². The Labute approximate surface area is 198 Å². The lowest BCUT2D eigenvalue weighted by Crippen LogP contribution is -2.24. The van der Waals surface area contributed by atoms with Gasteiger partial charge in [0.2, 0.25) is 0 Å². The molecular weight excluding hydrogens is 476 g/mol. The van der Waals surface area contributed by atoms with E-state index in [9.17, 15) is 9.59 Å². The second kappa shape index (κ2) is 11.9. The molecule has 170 valence electrons. The summed E-state index contributed by atoms with van der Waals surface area (Å²) in [6.45, 7) is -0.740. The number of nitrogens with one attached hydrogen (secondary N) is 1. The molecule has 1 heterocycles. The van der Waals surface area contributed by atoms with Crippen molar-refractivity contribution in [1.29, 1.82) is 0 Å². The summed E-state index contributed by atoms with van der Waals surface area (Å²) >= 11 is 10.00. The van der Waals surface area contributed by atoms with E-state index < -0.39 is 18.5 Å². The van der Waals surface area contributed by atoms with Gasteiger partial charge >= 0.3 is 5.97 Å². The van der Waals surface area contributed by atoms with Crippen LogP contribution in [0.2, 0.25) is 5.02 Å². The zero-order chi connectivity index (χ0) is 22.9. The lowest BCUT2D eigenvalue weighted by atomic mass is 10.2. The highest BCUT2D eigenvalue weighted by Gasteiger charge is 2.18. The molecule has 1 amide bonds. The summed E-state index contributed by atoms with van der Waals surface area (Å²) in [5, 5.41) is 12.8. The molecule has 0 aliphatic carbocycles. The van der Waals surface area contributed by atoms with Gasteiger partial charge < -0.3 is 19.3 Å². The Morgan fingerprint density at radius 3 is 2.56 bits per heavy atom. The molecule has 1 aliphatic rings. The molecule has 0 saturated carbocycles. The number of ether oxygens (including phenoxy) is 3. The van der Waals surface area contributed by atoms with Gasteiger partial charge in [0.15, 0.2) is 24.7 Å². The number of hydrazone groups is 1. The summed E-state index contributed by atoms with van der Waals surface area (Å²) in [6.07, 6.45) is 1.37. The van der Waals surface area contributed by atoms with Crippen molar-refractivity contribution in [3.63, 3.8) is 0 Å². The smallest absolute Gasteiger partial charge is 0.341 e. The van der Waals surface area contributed by atoms with Gasteiger partial charge in [0.05, 0.1) is 22.9 Å². The van der Waals surface area contributed by atoms with E-state index in [1.54, 1.807) is 6.07 Å². The number of carbonyl (C=O) groups excluding carboxylic acids is 1. The largest absolute Gasteiger partial charge is 0.493 e. The summed E-state index contributed by atoms with van der Waals surface area (Å²) in [5.74, 6) is 1.73. The van der Waals surface area contributed by atoms with E-state index in [1.165, 1.54) is 25.0 Å². The predicted octanol–water partition coefficient (Wildman–Crippen LogP) is 3.82. The number of carboxylic acid groups (broad SMARTS) is 1. The molecule has 0 spiro atoms. The number of rotatable bonds is 10. The molecule has 2 N–H and O–H groups in total. The van der Waals surface area contributed by atoms with Gasteiger partial charge in [-0.25, -0.2) is 10.2 Å². The third kappa shape index (κ3) is 6.98. The molecular formula is C21H21ClN2O6S2. The molecule has 2 aromatic carbocycles. The Bertz CT molecular complexity index is 981. The maximum Gasteiger partial charge on any atom is 0.341 e. The van der Waals surface area contributed by atoms with Crippen LogP contribution < -0.4 is 19.6 Å². The Morgan fingerprint density at radius 2 is 1.91 bits per heavy atom. The van der Waals surface area contributed by atoms with E-state index in [4.69, 9.17) is 30.9 Å². The minimum atomic E-state index is -1.14. The number of hydrogen-bond donors (Lipinski definition) is 2. The molecule has 1 saturated heterocycles. The van der Waals surface area contributed by atoms with Crippen molar-refractivity contribution in [2.24, 2.45) is 5.10 Å². The van der Waals surface area contributed by atoms with Crippen molar-refractivity contribution in [2.45, 2.75) is 4.58 Å². The highest BCUT2D eigenvalue weighted by Crippen LogP contribution is 2.45. The molecule has 2 aromatic rings. The first kappa shape index (κ1) is 24.1. The van der Waals surface area contributed by atoms with E-state index in [0.717, 1.165) is 11.5 Å². The zero-order valence-electron chi connectivity index (χ0n) is 17.1.